The highest BCUT2D eigenvalue weighted by atomic mass is 16.5. The van der Waals surface area contributed by atoms with Crippen LogP contribution < -0.4 is 0 Å². The summed E-state index contributed by atoms with van der Waals surface area (Å²) in [6.07, 6.45) is 1.71. The molecule has 0 heterocycles. The van der Waals surface area contributed by atoms with Crippen LogP contribution in [0.5, 0.6) is 0 Å². The van der Waals surface area contributed by atoms with Gasteiger partial charge < -0.3 is 29.2 Å². The molecule has 2 N–H and O–H groups in total. The summed E-state index contributed by atoms with van der Waals surface area (Å²) in [4.78, 5) is 0. The van der Waals surface area contributed by atoms with Crippen molar-refractivity contribution < 1.29 is 29.2 Å². The van der Waals surface area contributed by atoms with Crippen LogP contribution in [0.15, 0.2) is 0 Å². The smallest absolute Gasteiger partial charge is 0.0779 e. The van der Waals surface area contributed by atoms with E-state index in [2.05, 4.69) is 6.92 Å². The molecule has 0 aliphatic rings. The van der Waals surface area contributed by atoms with E-state index in [-0.39, 0.29) is 12.7 Å². The SMILES string of the molecule is CC(O)COC(C)CO.CCCCOCCOCCOC. The Balaban J connectivity index is 0. The van der Waals surface area contributed by atoms with E-state index in [1.54, 1.807) is 21.0 Å². The molecule has 6 heteroatoms. The van der Waals surface area contributed by atoms with Crippen LogP contribution in [0.4, 0.5) is 0 Å². The maximum Gasteiger partial charge on any atom is 0.0779 e. The number of methoxy groups -OCH3 is 1. The summed E-state index contributed by atoms with van der Waals surface area (Å²) in [5, 5.41) is 17.1. The van der Waals surface area contributed by atoms with Gasteiger partial charge in [-0.15, -0.1) is 0 Å². The molecule has 0 saturated heterocycles. The molecule has 0 aromatic rings. The number of aliphatic hydroxyl groups excluding tert-OH is 2. The Morgan fingerprint density at radius 2 is 1.52 bits per heavy atom. The van der Waals surface area contributed by atoms with Crippen molar-refractivity contribution in [3.05, 3.63) is 0 Å². The normalized spacial score (nSPS) is 13.4. The Bertz CT molecular complexity index is 168. The van der Waals surface area contributed by atoms with E-state index < -0.39 is 6.10 Å². The molecule has 2 atom stereocenters. The van der Waals surface area contributed by atoms with Gasteiger partial charge in [0.2, 0.25) is 0 Å². The third-order valence-corrected chi connectivity index (χ3v) is 2.33. The van der Waals surface area contributed by atoms with E-state index in [1.807, 2.05) is 0 Å². The number of hydrogen-bond acceptors (Lipinski definition) is 6. The molecular formula is C15H34O6. The summed E-state index contributed by atoms with van der Waals surface area (Å²) >= 11 is 0. The zero-order valence-corrected chi connectivity index (χ0v) is 14.0. The molecule has 130 valence electrons. The minimum atomic E-state index is -0.445. The van der Waals surface area contributed by atoms with E-state index in [1.165, 1.54) is 6.42 Å². The number of ether oxygens (including phenoxy) is 4. The molecule has 6 nitrogen and oxygen atoms in total. The van der Waals surface area contributed by atoms with Gasteiger partial charge >= 0.3 is 0 Å². The summed E-state index contributed by atoms with van der Waals surface area (Å²) in [7, 11) is 1.67. The van der Waals surface area contributed by atoms with Gasteiger partial charge in [0.15, 0.2) is 0 Å². The predicted molar refractivity (Wildman–Crippen MR) is 82.6 cm³/mol. The molecule has 0 spiro atoms. The molecule has 0 bridgehead atoms. The van der Waals surface area contributed by atoms with Crippen LogP contribution in [0.25, 0.3) is 0 Å². The zero-order valence-electron chi connectivity index (χ0n) is 14.0. The van der Waals surface area contributed by atoms with E-state index in [4.69, 9.17) is 29.2 Å². The first-order valence-corrected chi connectivity index (χ1v) is 7.63. The van der Waals surface area contributed by atoms with E-state index in [9.17, 15) is 0 Å². The minimum absolute atomic E-state index is 0.00667. The average molecular weight is 310 g/mol. The highest BCUT2D eigenvalue weighted by molar-refractivity contribution is 4.47. The molecule has 2 unspecified atom stereocenters. The van der Waals surface area contributed by atoms with Crippen molar-refractivity contribution in [3.8, 4) is 0 Å². The van der Waals surface area contributed by atoms with Crippen molar-refractivity contribution >= 4 is 0 Å². The molecule has 0 aliphatic carbocycles. The van der Waals surface area contributed by atoms with Gasteiger partial charge in [-0.1, -0.05) is 13.3 Å². The monoisotopic (exact) mass is 310 g/mol. The van der Waals surface area contributed by atoms with Crippen molar-refractivity contribution in [1.29, 1.82) is 0 Å². The lowest BCUT2D eigenvalue weighted by atomic mass is 10.4. The van der Waals surface area contributed by atoms with E-state index in [0.717, 1.165) is 13.0 Å². The van der Waals surface area contributed by atoms with Crippen molar-refractivity contribution in [1.82, 2.24) is 0 Å². The van der Waals surface area contributed by atoms with Crippen LogP contribution in [0.3, 0.4) is 0 Å². The molecule has 0 saturated carbocycles. The summed E-state index contributed by atoms with van der Waals surface area (Å²) in [5.41, 5.74) is 0. The Hall–Kier alpha value is -0.240. The van der Waals surface area contributed by atoms with Crippen LogP contribution in [0, 0.1) is 0 Å². The Kier molecular flexibility index (Phi) is 21.7. The van der Waals surface area contributed by atoms with Gasteiger partial charge in [0, 0.05) is 13.7 Å². The summed E-state index contributed by atoms with van der Waals surface area (Å²) in [5.74, 6) is 0. The molecule has 0 aromatic heterocycles. The number of rotatable bonds is 13. The van der Waals surface area contributed by atoms with Crippen molar-refractivity contribution in [2.45, 2.75) is 45.8 Å². The van der Waals surface area contributed by atoms with Crippen molar-refractivity contribution in [2.75, 3.05) is 53.4 Å². The standard InChI is InChI=1S/C9H20O3.C6H14O3/c1-3-4-5-11-8-9-12-7-6-10-2;1-5(8)4-9-6(2)3-7/h3-9H2,1-2H3;5-8H,3-4H2,1-2H3. The van der Waals surface area contributed by atoms with E-state index >= 15 is 0 Å². The second kappa shape index (κ2) is 19.8. The van der Waals surface area contributed by atoms with Gasteiger partial charge in [0.05, 0.1) is 51.8 Å². The van der Waals surface area contributed by atoms with E-state index in [0.29, 0.717) is 33.0 Å². The van der Waals surface area contributed by atoms with Crippen LogP contribution in [0.2, 0.25) is 0 Å². The van der Waals surface area contributed by atoms with Crippen LogP contribution in [-0.2, 0) is 18.9 Å². The summed E-state index contributed by atoms with van der Waals surface area (Å²) in [6, 6.07) is 0. The Labute approximate surface area is 129 Å². The Morgan fingerprint density at radius 3 is 2.00 bits per heavy atom. The lowest BCUT2D eigenvalue weighted by Crippen LogP contribution is -2.19. The molecular weight excluding hydrogens is 276 g/mol. The Morgan fingerprint density at radius 1 is 0.952 bits per heavy atom. The van der Waals surface area contributed by atoms with Crippen molar-refractivity contribution in [3.63, 3.8) is 0 Å². The van der Waals surface area contributed by atoms with Gasteiger partial charge in [-0.2, -0.15) is 0 Å². The average Bonchev–Trinajstić information content (AvgIpc) is 2.48. The maximum absolute atomic E-state index is 8.69. The molecule has 0 aliphatic heterocycles. The fraction of sp³-hybridized carbons (Fsp3) is 1.00. The van der Waals surface area contributed by atoms with Gasteiger partial charge in [-0.05, 0) is 20.3 Å². The largest absolute Gasteiger partial charge is 0.394 e. The first-order chi connectivity index (χ1) is 10.1. The number of aliphatic hydroxyl groups is 2. The highest BCUT2D eigenvalue weighted by Crippen LogP contribution is 1.90. The zero-order chi connectivity index (χ0) is 16.3. The second-order valence-corrected chi connectivity index (χ2v) is 4.75. The first kappa shape index (κ1) is 23.0. The highest BCUT2D eigenvalue weighted by Gasteiger charge is 2.00. The molecule has 0 rings (SSSR count). The summed E-state index contributed by atoms with van der Waals surface area (Å²) < 4.78 is 20.3. The third-order valence-electron chi connectivity index (χ3n) is 2.33. The molecule has 21 heavy (non-hydrogen) atoms. The van der Waals surface area contributed by atoms with Crippen LogP contribution in [0.1, 0.15) is 33.6 Å². The molecule has 0 aromatic carbocycles. The lowest BCUT2D eigenvalue weighted by Gasteiger charge is -2.10. The first-order valence-electron chi connectivity index (χ1n) is 7.63. The summed E-state index contributed by atoms with van der Waals surface area (Å²) in [6.45, 7) is 9.39. The third kappa shape index (κ3) is 25.1. The molecule has 0 amide bonds. The topological polar surface area (TPSA) is 77.4 Å². The van der Waals surface area contributed by atoms with Gasteiger partial charge in [0.1, 0.15) is 0 Å². The van der Waals surface area contributed by atoms with Crippen LogP contribution in [-0.4, -0.2) is 75.8 Å². The lowest BCUT2D eigenvalue weighted by molar-refractivity contribution is -0.0177. The second-order valence-electron chi connectivity index (χ2n) is 4.75. The van der Waals surface area contributed by atoms with Gasteiger partial charge in [-0.3, -0.25) is 0 Å². The van der Waals surface area contributed by atoms with Gasteiger partial charge in [-0.25, -0.2) is 0 Å². The van der Waals surface area contributed by atoms with Crippen LogP contribution >= 0.6 is 0 Å². The predicted octanol–water partition coefficient (Wildman–Crippen LogP) is 1.23. The van der Waals surface area contributed by atoms with Crippen molar-refractivity contribution in [2.24, 2.45) is 0 Å². The quantitative estimate of drug-likeness (QED) is 0.498. The molecule has 0 fully saturated rings. The number of unbranched alkanes of at least 4 members (excludes halogenated alkanes) is 1. The fourth-order valence-electron chi connectivity index (χ4n) is 1.07. The fourth-order valence-corrected chi connectivity index (χ4v) is 1.07. The maximum atomic E-state index is 8.69. The molecule has 0 radical (unpaired) electrons. The minimum Gasteiger partial charge on any atom is -0.394 e. The van der Waals surface area contributed by atoms with Gasteiger partial charge in [0.25, 0.3) is 0 Å². The number of hydrogen-bond donors (Lipinski definition) is 2.